The first-order valence-electron chi connectivity index (χ1n) is 6.67. The minimum Gasteiger partial charge on any atom is -0.481 e. The number of rotatable bonds is 8. The molecule has 0 aromatic heterocycles. The van der Waals surface area contributed by atoms with Gasteiger partial charge in [0.05, 0.1) is 0 Å². The Kier molecular flexibility index (Phi) is 6.50. The Morgan fingerprint density at radius 1 is 1.37 bits per heavy atom. The second kappa shape index (κ2) is 7.89. The van der Waals surface area contributed by atoms with Crippen LogP contribution in [0.4, 0.5) is 4.39 Å². The quantitative estimate of drug-likeness (QED) is 0.761. The highest BCUT2D eigenvalue weighted by Crippen LogP contribution is 2.19. The van der Waals surface area contributed by atoms with E-state index in [1.54, 1.807) is 12.1 Å². The number of hydrogen-bond donors (Lipinski definition) is 2. The van der Waals surface area contributed by atoms with Gasteiger partial charge in [-0.2, -0.15) is 0 Å². The van der Waals surface area contributed by atoms with E-state index in [1.807, 2.05) is 0 Å². The van der Waals surface area contributed by atoms with Crippen LogP contribution in [0.25, 0.3) is 0 Å². The van der Waals surface area contributed by atoms with E-state index in [0.717, 1.165) is 24.8 Å². The van der Waals surface area contributed by atoms with Crippen LogP contribution >= 0.6 is 0 Å². The number of carboxylic acid groups (broad SMARTS) is 1. The van der Waals surface area contributed by atoms with Gasteiger partial charge in [-0.3, -0.25) is 4.79 Å². The zero-order valence-corrected chi connectivity index (χ0v) is 11.3. The van der Waals surface area contributed by atoms with Crippen LogP contribution in [-0.2, 0) is 11.2 Å². The first-order valence-corrected chi connectivity index (χ1v) is 6.67. The van der Waals surface area contributed by atoms with Crippen LogP contribution in [0.1, 0.15) is 31.7 Å². The van der Waals surface area contributed by atoms with Crippen molar-refractivity contribution in [3.63, 3.8) is 0 Å². The molecule has 1 aromatic carbocycles. The molecule has 4 heteroatoms. The van der Waals surface area contributed by atoms with E-state index >= 15 is 0 Å². The molecule has 0 fully saturated rings. The third kappa shape index (κ3) is 6.34. The third-order valence-electron chi connectivity index (χ3n) is 3.37. The zero-order valence-electron chi connectivity index (χ0n) is 11.3. The number of hydrogen-bond acceptors (Lipinski definition) is 2. The highest BCUT2D eigenvalue weighted by Gasteiger charge is 2.15. The maximum absolute atomic E-state index is 12.8. The summed E-state index contributed by atoms with van der Waals surface area (Å²) in [5.74, 6) is -0.554. The van der Waals surface area contributed by atoms with Crippen LogP contribution in [0.15, 0.2) is 24.3 Å². The largest absolute Gasteiger partial charge is 0.481 e. The van der Waals surface area contributed by atoms with E-state index in [-0.39, 0.29) is 18.2 Å². The predicted molar refractivity (Wildman–Crippen MR) is 73.3 cm³/mol. The molecule has 0 saturated carbocycles. The molecule has 0 bridgehead atoms. The number of carbonyl (C=O) groups is 1. The lowest BCUT2D eigenvalue weighted by Gasteiger charge is -2.18. The Bertz CT molecular complexity index is 392. The van der Waals surface area contributed by atoms with Crippen LogP contribution in [0.5, 0.6) is 0 Å². The average Bonchev–Trinajstić information content (AvgIpc) is 2.36. The van der Waals surface area contributed by atoms with Gasteiger partial charge in [0.2, 0.25) is 0 Å². The summed E-state index contributed by atoms with van der Waals surface area (Å²) in [6.45, 7) is 2.52. The Hall–Kier alpha value is -1.42. The Morgan fingerprint density at radius 2 is 2.00 bits per heavy atom. The van der Waals surface area contributed by atoms with Crippen LogP contribution in [0, 0.1) is 17.7 Å². The molecule has 0 unspecified atom stereocenters. The van der Waals surface area contributed by atoms with Crippen LogP contribution < -0.4 is 5.73 Å². The van der Waals surface area contributed by atoms with Gasteiger partial charge in [-0.05, 0) is 55.3 Å². The number of benzene rings is 1. The van der Waals surface area contributed by atoms with Crippen LogP contribution in [0.3, 0.4) is 0 Å². The van der Waals surface area contributed by atoms with E-state index in [2.05, 4.69) is 6.92 Å². The summed E-state index contributed by atoms with van der Waals surface area (Å²) in [4.78, 5) is 10.7. The van der Waals surface area contributed by atoms with Gasteiger partial charge in [0.25, 0.3) is 0 Å². The number of carboxylic acids is 1. The van der Waals surface area contributed by atoms with Crippen molar-refractivity contribution in [1.82, 2.24) is 0 Å². The SMILES string of the molecule is C[C@@H](CCc1ccc(F)cc1)C[C@H](CN)CC(=O)O. The Morgan fingerprint density at radius 3 is 2.53 bits per heavy atom. The summed E-state index contributed by atoms with van der Waals surface area (Å²) in [5, 5.41) is 8.77. The maximum atomic E-state index is 12.8. The van der Waals surface area contributed by atoms with Crippen molar-refractivity contribution in [1.29, 1.82) is 0 Å². The molecule has 0 aliphatic rings. The molecule has 0 saturated heterocycles. The Labute approximate surface area is 113 Å². The van der Waals surface area contributed by atoms with E-state index < -0.39 is 5.97 Å². The summed E-state index contributed by atoms with van der Waals surface area (Å²) >= 11 is 0. The predicted octanol–water partition coefficient (Wildman–Crippen LogP) is 2.83. The van der Waals surface area contributed by atoms with Crippen molar-refractivity contribution in [2.45, 2.75) is 32.6 Å². The highest BCUT2D eigenvalue weighted by molar-refractivity contribution is 5.67. The molecule has 0 radical (unpaired) electrons. The summed E-state index contributed by atoms with van der Waals surface area (Å²) in [6.07, 6.45) is 2.80. The third-order valence-corrected chi connectivity index (χ3v) is 3.37. The number of nitrogens with two attached hydrogens (primary N) is 1. The number of aryl methyl sites for hydroxylation is 1. The first kappa shape index (κ1) is 15.6. The first-order chi connectivity index (χ1) is 9.01. The average molecular weight is 267 g/mol. The summed E-state index contributed by atoms with van der Waals surface area (Å²) in [5.41, 5.74) is 6.70. The monoisotopic (exact) mass is 267 g/mol. The fourth-order valence-corrected chi connectivity index (χ4v) is 2.26. The lowest BCUT2D eigenvalue weighted by atomic mass is 9.89. The minimum absolute atomic E-state index is 0.0423. The topological polar surface area (TPSA) is 63.3 Å². The van der Waals surface area contributed by atoms with Gasteiger partial charge in [-0.15, -0.1) is 0 Å². The molecule has 0 spiro atoms. The molecule has 1 aromatic rings. The molecular weight excluding hydrogens is 245 g/mol. The number of halogens is 1. The van der Waals surface area contributed by atoms with Crippen molar-refractivity contribution in [3.8, 4) is 0 Å². The van der Waals surface area contributed by atoms with Gasteiger partial charge in [0.15, 0.2) is 0 Å². The lowest BCUT2D eigenvalue weighted by Crippen LogP contribution is -2.20. The highest BCUT2D eigenvalue weighted by atomic mass is 19.1. The number of aliphatic carboxylic acids is 1. The van der Waals surface area contributed by atoms with Crippen molar-refractivity contribution in [2.75, 3.05) is 6.54 Å². The molecule has 19 heavy (non-hydrogen) atoms. The van der Waals surface area contributed by atoms with Crippen molar-refractivity contribution in [2.24, 2.45) is 17.6 Å². The summed E-state index contributed by atoms with van der Waals surface area (Å²) < 4.78 is 12.8. The molecule has 0 amide bonds. The molecule has 0 aliphatic heterocycles. The molecular formula is C15H22FNO2. The second-order valence-corrected chi connectivity index (χ2v) is 5.21. The zero-order chi connectivity index (χ0) is 14.3. The second-order valence-electron chi connectivity index (χ2n) is 5.21. The minimum atomic E-state index is -0.791. The van der Waals surface area contributed by atoms with Gasteiger partial charge < -0.3 is 10.8 Å². The van der Waals surface area contributed by atoms with Gasteiger partial charge in [-0.25, -0.2) is 4.39 Å². The standard InChI is InChI=1S/C15H22FNO2/c1-11(8-13(10-17)9-15(18)19)2-3-12-4-6-14(16)7-5-12/h4-7,11,13H,2-3,8-10,17H2,1H3,(H,18,19)/t11-,13-/m0/s1. The van der Waals surface area contributed by atoms with E-state index in [9.17, 15) is 9.18 Å². The molecule has 0 heterocycles. The molecule has 1 rings (SSSR count). The normalized spacial score (nSPS) is 14.1. The van der Waals surface area contributed by atoms with Crippen LogP contribution in [-0.4, -0.2) is 17.6 Å². The summed E-state index contributed by atoms with van der Waals surface area (Å²) in [6, 6.07) is 6.51. The molecule has 3 N–H and O–H groups in total. The van der Waals surface area contributed by atoms with Gasteiger partial charge in [0.1, 0.15) is 5.82 Å². The van der Waals surface area contributed by atoms with Gasteiger partial charge in [0, 0.05) is 6.42 Å². The van der Waals surface area contributed by atoms with E-state index in [4.69, 9.17) is 10.8 Å². The maximum Gasteiger partial charge on any atom is 0.303 e. The summed E-state index contributed by atoms with van der Waals surface area (Å²) in [7, 11) is 0. The molecule has 3 nitrogen and oxygen atoms in total. The van der Waals surface area contributed by atoms with Crippen molar-refractivity contribution >= 4 is 5.97 Å². The van der Waals surface area contributed by atoms with Crippen molar-refractivity contribution in [3.05, 3.63) is 35.6 Å². The van der Waals surface area contributed by atoms with Crippen molar-refractivity contribution < 1.29 is 14.3 Å². The Balaban J connectivity index is 2.35. The molecule has 2 atom stereocenters. The smallest absolute Gasteiger partial charge is 0.303 e. The van der Waals surface area contributed by atoms with Gasteiger partial charge in [-0.1, -0.05) is 19.1 Å². The van der Waals surface area contributed by atoms with Crippen LogP contribution in [0.2, 0.25) is 0 Å². The van der Waals surface area contributed by atoms with E-state index in [1.165, 1.54) is 12.1 Å². The molecule has 106 valence electrons. The van der Waals surface area contributed by atoms with E-state index in [0.29, 0.717) is 12.5 Å². The molecule has 0 aliphatic carbocycles. The van der Waals surface area contributed by atoms with Gasteiger partial charge >= 0.3 is 5.97 Å². The lowest BCUT2D eigenvalue weighted by molar-refractivity contribution is -0.138. The fourth-order valence-electron chi connectivity index (χ4n) is 2.26. The fraction of sp³-hybridized carbons (Fsp3) is 0.533.